The van der Waals surface area contributed by atoms with E-state index >= 15 is 0 Å². The Morgan fingerprint density at radius 1 is 0.783 bits per heavy atom. The summed E-state index contributed by atoms with van der Waals surface area (Å²) in [6.45, 7) is 3.26. The third-order valence-electron chi connectivity index (χ3n) is 3.64. The second kappa shape index (κ2) is 6.34. The molecule has 1 heterocycles. The first-order chi connectivity index (χ1) is 10.6. The molecule has 0 unspecified atom stereocenters. The van der Waals surface area contributed by atoms with Crippen LogP contribution in [0.4, 0.5) is 0 Å². The van der Waals surface area contributed by atoms with Gasteiger partial charge in [-0.3, -0.25) is 0 Å². The Bertz CT molecular complexity index is 959. The van der Waals surface area contributed by atoms with Crippen LogP contribution in [0.3, 0.4) is 0 Å². The summed E-state index contributed by atoms with van der Waals surface area (Å²) in [5, 5.41) is 0.786. The van der Waals surface area contributed by atoms with E-state index in [2.05, 4.69) is 0 Å². The average molecular weight is 277 g/mol. The molecule has 0 aliphatic carbocycles. The molecule has 0 aliphatic rings. The molecule has 0 N–H and O–H groups in total. The van der Waals surface area contributed by atoms with E-state index in [0.717, 1.165) is 0 Å². The van der Waals surface area contributed by atoms with Crippen molar-refractivity contribution >= 4 is 107 Å². The molecular weight excluding hydrogens is 271 g/mol. The largest absolute Gasteiger partial charge is 0.458 e. The zero-order valence-corrected chi connectivity index (χ0v) is 13.0. The minimum absolute atomic E-state index is 0.133. The SMILES string of the molecule is [B]/C(C)=C([B])/C([B])=c1\c(=C(\[B])C)oc2c([B])c([B])c([B])c([B])c12. The molecule has 0 spiro atoms. The molecule has 1 aromatic carbocycles. The predicted octanol–water partition coefficient (Wildman–Crippen LogP) is -4.25. The summed E-state index contributed by atoms with van der Waals surface area (Å²) in [7, 11) is 47.5. The van der Waals surface area contributed by atoms with Crippen LogP contribution in [0.1, 0.15) is 13.8 Å². The van der Waals surface area contributed by atoms with Crippen molar-refractivity contribution in [2.75, 3.05) is 0 Å². The normalized spacial score (nSPS) is 15.4. The Balaban J connectivity index is 3.32. The van der Waals surface area contributed by atoms with E-state index in [1.165, 1.54) is 0 Å². The Morgan fingerprint density at radius 3 is 1.78 bits per heavy atom. The average Bonchev–Trinajstić information content (AvgIpc) is 2.89. The summed E-state index contributed by atoms with van der Waals surface area (Å²) in [4.78, 5) is 0. The van der Waals surface area contributed by atoms with Crippen molar-refractivity contribution in [2.24, 2.45) is 0 Å². The number of hydrogen-bond donors (Lipinski definition) is 0. The monoisotopic (exact) mass is 278 g/mol. The van der Waals surface area contributed by atoms with Gasteiger partial charge in [-0.2, -0.15) is 0 Å². The van der Waals surface area contributed by atoms with E-state index in [9.17, 15) is 0 Å². The van der Waals surface area contributed by atoms with Crippen LogP contribution in [0.15, 0.2) is 15.4 Å². The lowest BCUT2D eigenvalue weighted by atomic mass is 9.64. The number of benzene rings is 1. The van der Waals surface area contributed by atoms with Crippen molar-refractivity contribution in [1.29, 1.82) is 0 Å². The molecular formula is C14H6B8O. The molecule has 16 radical (unpaired) electrons. The number of allylic oxidation sites excluding steroid dienone is 2. The summed E-state index contributed by atoms with van der Waals surface area (Å²) >= 11 is 0. The Morgan fingerprint density at radius 2 is 1.30 bits per heavy atom. The van der Waals surface area contributed by atoms with Crippen molar-refractivity contribution in [3.8, 4) is 0 Å². The molecule has 0 fully saturated rings. The molecule has 92 valence electrons. The van der Waals surface area contributed by atoms with Crippen LogP contribution in [-0.2, 0) is 0 Å². The van der Waals surface area contributed by atoms with Crippen LogP contribution in [0.5, 0.6) is 0 Å². The number of rotatable bonds is 1. The second-order valence-electron chi connectivity index (χ2n) is 5.36. The summed E-state index contributed by atoms with van der Waals surface area (Å²) < 4.78 is 5.74. The fraction of sp³-hybridized carbons (Fsp3) is 0.143. The zero-order valence-electron chi connectivity index (χ0n) is 13.0. The fourth-order valence-corrected chi connectivity index (χ4v) is 2.31. The van der Waals surface area contributed by atoms with Gasteiger partial charge in [0.25, 0.3) is 0 Å². The number of hydrogen-bond acceptors (Lipinski definition) is 1. The first kappa shape index (κ1) is 18.1. The van der Waals surface area contributed by atoms with E-state index < -0.39 is 0 Å². The topological polar surface area (TPSA) is 13.1 Å². The van der Waals surface area contributed by atoms with E-state index in [0.29, 0.717) is 21.5 Å². The molecule has 1 aromatic heterocycles. The predicted molar refractivity (Wildman–Crippen MR) is 105 cm³/mol. The van der Waals surface area contributed by atoms with Gasteiger partial charge in [-0.1, -0.05) is 28.8 Å². The van der Waals surface area contributed by atoms with Crippen LogP contribution in [0.2, 0.25) is 0 Å². The quantitative estimate of drug-likeness (QED) is 0.481. The Labute approximate surface area is 146 Å². The lowest BCUT2D eigenvalue weighted by Crippen LogP contribution is -2.48. The van der Waals surface area contributed by atoms with Crippen LogP contribution in [-0.4, -0.2) is 62.8 Å². The van der Waals surface area contributed by atoms with Crippen molar-refractivity contribution in [1.82, 2.24) is 0 Å². The second-order valence-corrected chi connectivity index (χ2v) is 5.36. The van der Waals surface area contributed by atoms with Crippen LogP contribution < -0.4 is 32.5 Å². The molecule has 0 bridgehead atoms. The van der Waals surface area contributed by atoms with E-state index in [1.54, 1.807) is 13.8 Å². The molecule has 0 atom stereocenters. The van der Waals surface area contributed by atoms with Gasteiger partial charge in [-0.05, 0) is 6.92 Å². The van der Waals surface area contributed by atoms with Crippen LogP contribution in [0, 0.1) is 0 Å². The summed E-state index contributed by atoms with van der Waals surface area (Å²) in [5.41, 5.74) is 2.18. The Kier molecular flexibility index (Phi) is 4.99. The fourth-order valence-electron chi connectivity index (χ4n) is 2.31. The van der Waals surface area contributed by atoms with Gasteiger partial charge in [0.15, 0.2) is 0 Å². The summed E-state index contributed by atoms with van der Waals surface area (Å²) in [6.07, 6.45) is 0. The standard InChI is InChI=1S/C14H6B8O/c1-3(15)7(17)8(18)5-6-9(19)10(20)11(21)12(22)14(6)23-13(5)4(2)16/h1-2H3/b7-3-,8-5+,13-4-. The van der Waals surface area contributed by atoms with Gasteiger partial charge in [0.05, 0.1) is 0 Å². The maximum Gasteiger partial charge on any atom is 0.127 e. The molecule has 0 saturated heterocycles. The number of fused-ring (bicyclic) bond motifs is 1. The molecule has 0 saturated carbocycles. The highest BCUT2D eigenvalue weighted by molar-refractivity contribution is 6.66. The van der Waals surface area contributed by atoms with Gasteiger partial charge >= 0.3 is 0 Å². The first-order valence-electron chi connectivity index (χ1n) is 6.72. The molecule has 23 heavy (non-hydrogen) atoms. The smallest absolute Gasteiger partial charge is 0.127 e. The minimum atomic E-state index is 0.133. The van der Waals surface area contributed by atoms with E-state index in [1.807, 2.05) is 0 Å². The summed E-state index contributed by atoms with van der Waals surface area (Å²) in [5.74, 6) is 0. The van der Waals surface area contributed by atoms with Crippen molar-refractivity contribution in [3.63, 3.8) is 0 Å². The highest BCUT2D eigenvalue weighted by Gasteiger charge is 2.15. The first-order valence-corrected chi connectivity index (χ1v) is 6.72. The van der Waals surface area contributed by atoms with Gasteiger partial charge < -0.3 is 4.42 Å². The number of furan rings is 1. The van der Waals surface area contributed by atoms with Gasteiger partial charge in [0.1, 0.15) is 73.8 Å². The molecule has 2 rings (SSSR count). The van der Waals surface area contributed by atoms with Gasteiger partial charge in [0, 0.05) is 10.6 Å². The molecule has 9 heteroatoms. The van der Waals surface area contributed by atoms with E-state index in [4.69, 9.17) is 67.2 Å². The lowest BCUT2D eigenvalue weighted by molar-refractivity contribution is 0.576. The highest BCUT2D eigenvalue weighted by Crippen LogP contribution is 2.08. The maximum absolute atomic E-state index is 6.15. The highest BCUT2D eigenvalue weighted by atomic mass is 16.3. The third-order valence-corrected chi connectivity index (χ3v) is 3.64. The van der Waals surface area contributed by atoms with Crippen LogP contribution >= 0.6 is 0 Å². The maximum atomic E-state index is 6.15. The zero-order chi connectivity index (χ0) is 17.6. The van der Waals surface area contributed by atoms with Gasteiger partial charge in [-0.25, -0.2) is 0 Å². The van der Waals surface area contributed by atoms with E-state index in [-0.39, 0.29) is 43.8 Å². The third kappa shape index (κ3) is 2.84. The van der Waals surface area contributed by atoms with Gasteiger partial charge in [0.2, 0.25) is 0 Å². The van der Waals surface area contributed by atoms with Crippen LogP contribution in [0.25, 0.3) is 21.9 Å². The molecule has 0 aliphatic heterocycles. The molecule has 0 amide bonds. The lowest BCUT2D eigenvalue weighted by Gasteiger charge is -2.12. The van der Waals surface area contributed by atoms with Crippen molar-refractivity contribution < 1.29 is 4.42 Å². The Hall–Kier alpha value is -1.24. The summed E-state index contributed by atoms with van der Waals surface area (Å²) in [6, 6.07) is 0. The van der Waals surface area contributed by atoms with Crippen molar-refractivity contribution in [2.45, 2.75) is 13.8 Å². The molecule has 2 aromatic rings. The molecule has 1 nitrogen and oxygen atoms in total. The van der Waals surface area contributed by atoms with Gasteiger partial charge in [-0.15, -0.1) is 21.9 Å². The minimum Gasteiger partial charge on any atom is -0.458 e. The van der Waals surface area contributed by atoms with Crippen molar-refractivity contribution in [3.05, 3.63) is 21.6 Å².